The van der Waals surface area contributed by atoms with E-state index in [1.165, 1.54) is 19.2 Å². The van der Waals surface area contributed by atoms with E-state index in [0.29, 0.717) is 29.0 Å². The molecule has 0 spiro atoms. The molecule has 2 rings (SSSR count). The van der Waals surface area contributed by atoms with Crippen LogP contribution in [0.15, 0.2) is 42.5 Å². The number of ether oxygens (including phenoxy) is 2. The maximum absolute atomic E-state index is 12.6. The zero-order valence-electron chi connectivity index (χ0n) is 14.9. The van der Waals surface area contributed by atoms with Crippen LogP contribution in [0.3, 0.4) is 0 Å². The molecule has 0 atom stereocenters. The zero-order chi connectivity index (χ0) is 19.3. The summed E-state index contributed by atoms with van der Waals surface area (Å²) in [5.74, 6) is 0.919. The molecule has 3 nitrogen and oxygen atoms in total. The number of ketones is 1. The molecule has 0 amide bonds. The van der Waals surface area contributed by atoms with Crippen LogP contribution in [0.1, 0.15) is 41.8 Å². The second-order valence-corrected chi connectivity index (χ2v) is 6.15. The molecule has 26 heavy (non-hydrogen) atoms. The number of aryl methyl sites for hydroxylation is 1. The van der Waals surface area contributed by atoms with Gasteiger partial charge < -0.3 is 9.47 Å². The third-order valence-electron chi connectivity index (χ3n) is 3.77. The normalized spacial score (nSPS) is 11.5. The predicted octanol–water partition coefficient (Wildman–Crippen LogP) is 5.32. The van der Waals surface area contributed by atoms with Gasteiger partial charge in [-0.3, -0.25) is 4.79 Å². The SMILES string of the molecule is COc1ccc(C(=O)CCc2ccc(C(F)(F)F)cc2)cc1OC(C)C. The van der Waals surface area contributed by atoms with Gasteiger partial charge in [-0.2, -0.15) is 13.2 Å². The van der Waals surface area contributed by atoms with E-state index in [0.717, 1.165) is 12.1 Å². The molecule has 0 unspecified atom stereocenters. The predicted molar refractivity (Wildman–Crippen MR) is 92.9 cm³/mol. The Bertz CT molecular complexity index is 750. The zero-order valence-corrected chi connectivity index (χ0v) is 14.9. The topological polar surface area (TPSA) is 35.5 Å². The van der Waals surface area contributed by atoms with Crippen LogP contribution < -0.4 is 9.47 Å². The van der Waals surface area contributed by atoms with Gasteiger partial charge in [-0.05, 0) is 56.2 Å². The molecule has 0 N–H and O–H groups in total. The molecule has 0 radical (unpaired) electrons. The van der Waals surface area contributed by atoms with E-state index in [2.05, 4.69) is 0 Å². The smallest absolute Gasteiger partial charge is 0.416 e. The fourth-order valence-electron chi connectivity index (χ4n) is 2.46. The van der Waals surface area contributed by atoms with Crippen molar-refractivity contribution in [2.24, 2.45) is 0 Å². The molecular weight excluding hydrogens is 345 g/mol. The summed E-state index contributed by atoms with van der Waals surface area (Å²) in [6.45, 7) is 3.75. The lowest BCUT2D eigenvalue weighted by molar-refractivity contribution is -0.137. The fraction of sp³-hybridized carbons (Fsp3) is 0.350. The number of Topliss-reactive ketones (excluding diaryl/α,β-unsaturated/α-hetero) is 1. The third-order valence-corrected chi connectivity index (χ3v) is 3.77. The highest BCUT2D eigenvalue weighted by molar-refractivity contribution is 5.96. The molecule has 0 aliphatic carbocycles. The summed E-state index contributed by atoms with van der Waals surface area (Å²) in [4.78, 5) is 12.4. The Morgan fingerprint density at radius 2 is 1.69 bits per heavy atom. The van der Waals surface area contributed by atoms with Crippen LogP contribution in [0.2, 0.25) is 0 Å². The van der Waals surface area contributed by atoms with Crippen molar-refractivity contribution in [2.75, 3.05) is 7.11 Å². The van der Waals surface area contributed by atoms with Gasteiger partial charge in [0.15, 0.2) is 17.3 Å². The molecule has 0 fully saturated rings. The number of carbonyl (C=O) groups excluding carboxylic acids is 1. The Morgan fingerprint density at radius 3 is 2.23 bits per heavy atom. The molecule has 0 aromatic heterocycles. The van der Waals surface area contributed by atoms with Crippen molar-refractivity contribution in [1.82, 2.24) is 0 Å². The highest BCUT2D eigenvalue weighted by Crippen LogP contribution is 2.30. The molecule has 0 aliphatic rings. The molecule has 6 heteroatoms. The van der Waals surface area contributed by atoms with Gasteiger partial charge in [-0.15, -0.1) is 0 Å². The summed E-state index contributed by atoms with van der Waals surface area (Å²) < 4.78 is 48.6. The molecule has 0 aliphatic heterocycles. The lowest BCUT2D eigenvalue weighted by Crippen LogP contribution is -2.08. The van der Waals surface area contributed by atoms with Crippen molar-refractivity contribution in [3.8, 4) is 11.5 Å². The molecule has 140 valence electrons. The Kier molecular flexibility index (Phi) is 6.29. The van der Waals surface area contributed by atoms with E-state index in [1.54, 1.807) is 18.2 Å². The monoisotopic (exact) mass is 366 g/mol. The van der Waals surface area contributed by atoms with Gasteiger partial charge in [0.2, 0.25) is 0 Å². The lowest BCUT2D eigenvalue weighted by Gasteiger charge is -2.14. The van der Waals surface area contributed by atoms with E-state index in [-0.39, 0.29) is 18.3 Å². The van der Waals surface area contributed by atoms with Gasteiger partial charge in [-0.25, -0.2) is 0 Å². The third kappa shape index (κ3) is 5.25. The number of benzene rings is 2. The molecule has 0 saturated heterocycles. The van der Waals surface area contributed by atoms with Gasteiger partial charge >= 0.3 is 6.18 Å². The van der Waals surface area contributed by atoms with Crippen molar-refractivity contribution in [3.05, 3.63) is 59.2 Å². The van der Waals surface area contributed by atoms with Gasteiger partial charge in [-0.1, -0.05) is 12.1 Å². The van der Waals surface area contributed by atoms with E-state index in [4.69, 9.17) is 9.47 Å². The Balaban J connectivity index is 2.05. The molecule has 2 aromatic rings. The van der Waals surface area contributed by atoms with E-state index < -0.39 is 11.7 Å². The summed E-state index contributed by atoms with van der Waals surface area (Å²) in [6, 6.07) is 9.82. The van der Waals surface area contributed by atoms with Crippen LogP contribution in [0.5, 0.6) is 11.5 Å². The van der Waals surface area contributed by atoms with Gasteiger partial charge in [0.1, 0.15) is 0 Å². The summed E-state index contributed by atoms with van der Waals surface area (Å²) in [5.41, 5.74) is 0.463. The van der Waals surface area contributed by atoms with E-state index >= 15 is 0 Å². The standard InChI is InChI=1S/C20H21F3O3/c1-13(2)26-19-12-15(7-11-18(19)25-3)17(24)10-6-14-4-8-16(9-5-14)20(21,22)23/h4-5,7-9,11-13H,6,10H2,1-3H3. The first-order chi connectivity index (χ1) is 12.2. The van der Waals surface area contributed by atoms with Crippen molar-refractivity contribution in [2.45, 2.75) is 39.0 Å². The number of alkyl halides is 3. The van der Waals surface area contributed by atoms with Crippen molar-refractivity contribution >= 4 is 5.78 Å². The minimum Gasteiger partial charge on any atom is -0.493 e. The second kappa shape index (κ2) is 8.25. The van der Waals surface area contributed by atoms with Crippen LogP contribution in [0.25, 0.3) is 0 Å². The first kappa shape index (κ1) is 19.8. The first-order valence-electron chi connectivity index (χ1n) is 8.24. The number of hydrogen-bond acceptors (Lipinski definition) is 3. The number of carbonyl (C=O) groups is 1. The average molecular weight is 366 g/mol. The molecule has 0 saturated carbocycles. The van der Waals surface area contributed by atoms with Gasteiger partial charge in [0.25, 0.3) is 0 Å². The largest absolute Gasteiger partial charge is 0.493 e. The van der Waals surface area contributed by atoms with E-state index in [9.17, 15) is 18.0 Å². The molecule has 0 heterocycles. The van der Waals surface area contributed by atoms with Gasteiger partial charge in [0.05, 0.1) is 18.8 Å². The van der Waals surface area contributed by atoms with Crippen LogP contribution in [0.4, 0.5) is 13.2 Å². The minimum atomic E-state index is -4.36. The second-order valence-electron chi connectivity index (χ2n) is 6.15. The summed E-state index contributed by atoms with van der Waals surface area (Å²) in [6.07, 6.45) is -3.87. The van der Waals surface area contributed by atoms with Gasteiger partial charge in [0, 0.05) is 12.0 Å². The fourth-order valence-corrected chi connectivity index (χ4v) is 2.46. The van der Waals surface area contributed by atoms with Crippen LogP contribution in [0, 0.1) is 0 Å². The van der Waals surface area contributed by atoms with Crippen LogP contribution >= 0.6 is 0 Å². The molecule has 0 bridgehead atoms. The van der Waals surface area contributed by atoms with E-state index in [1.807, 2.05) is 13.8 Å². The van der Waals surface area contributed by atoms with Crippen LogP contribution in [-0.2, 0) is 12.6 Å². The maximum Gasteiger partial charge on any atom is 0.416 e. The van der Waals surface area contributed by atoms with Crippen molar-refractivity contribution in [1.29, 1.82) is 0 Å². The quantitative estimate of drug-likeness (QED) is 0.623. The van der Waals surface area contributed by atoms with Crippen LogP contribution in [-0.4, -0.2) is 19.0 Å². The number of halogens is 3. The summed E-state index contributed by atoms with van der Waals surface area (Å²) in [5, 5.41) is 0. The lowest BCUT2D eigenvalue weighted by atomic mass is 10.0. The maximum atomic E-state index is 12.6. The molecule has 2 aromatic carbocycles. The number of rotatable bonds is 7. The first-order valence-corrected chi connectivity index (χ1v) is 8.24. The summed E-state index contributed by atoms with van der Waals surface area (Å²) in [7, 11) is 1.52. The summed E-state index contributed by atoms with van der Waals surface area (Å²) >= 11 is 0. The average Bonchev–Trinajstić information content (AvgIpc) is 2.58. The minimum absolute atomic E-state index is 0.0681. The van der Waals surface area contributed by atoms with Crippen molar-refractivity contribution in [3.63, 3.8) is 0 Å². The highest BCUT2D eigenvalue weighted by Gasteiger charge is 2.29. The molecular formula is C20H21F3O3. The Morgan fingerprint density at radius 1 is 1.04 bits per heavy atom. The number of hydrogen-bond donors (Lipinski definition) is 0. The number of methoxy groups -OCH3 is 1. The highest BCUT2D eigenvalue weighted by atomic mass is 19.4. The Labute approximate surface area is 150 Å². The Hall–Kier alpha value is -2.50. The van der Waals surface area contributed by atoms with Crippen molar-refractivity contribution < 1.29 is 27.4 Å².